The third-order valence-corrected chi connectivity index (χ3v) is 3.89. The van der Waals surface area contributed by atoms with Gasteiger partial charge in [-0.05, 0) is 31.0 Å². The largest absolute Gasteiger partial charge is 0.375 e. The number of amides is 2. The van der Waals surface area contributed by atoms with Gasteiger partial charge in [0.2, 0.25) is 0 Å². The van der Waals surface area contributed by atoms with Crippen LogP contribution < -0.4 is 5.32 Å². The zero-order valence-electron chi connectivity index (χ0n) is 13.2. The predicted octanol–water partition coefficient (Wildman–Crippen LogP) is 2.83. The second-order valence-electron chi connectivity index (χ2n) is 5.64. The molecule has 0 radical (unpaired) electrons. The Kier molecular flexibility index (Phi) is 5.79. The molecule has 118 valence electrons. The van der Waals surface area contributed by atoms with Gasteiger partial charge in [0.1, 0.15) is 0 Å². The highest BCUT2D eigenvalue weighted by atomic mass is 16.5. The molecule has 1 saturated heterocycles. The summed E-state index contributed by atoms with van der Waals surface area (Å²) in [5.74, 6) is 0. The molecule has 1 fully saturated rings. The fourth-order valence-corrected chi connectivity index (χ4v) is 2.64. The first-order valence-corrected chi connectivity index (χ1v) is 7.81. The van der Waals surface area contributed by atoms with Crippen LogP contribution in [0.15, 0.2) is 24.3 Å². The molecule has 1 aliphatic rings. The van der Waals surface area contributed by atoms with Crippen LogP contribution in [0.25, 0.3) is 0 Å². The monoisotopic (exact) mass is 301 g/mol. The van der Waals surface area contributed by atoms with Gasteiger partial charge in [0, 0.05) is 13.1 Å². The fraction of sp³-hybridized carbons (Fsp3) is 0.529. The number of carbonyl (C=O) groups is 1. The van der Waals surface area contributed by atoms with Crippen LogP contribution in [0.5, 0.6) is 0 Å². The Hall–Kier alpha value is -2.06. The Morgan fingerprint density at radius 1 is 1.59 bits per heavy atom. The summed E-state index contributed by atoms with van der Waals surface area (Å²) in [4.78, 5) is 14.2. The molecule has 2 atom stereocenters. The maximum atomic E-state index is 12.4. The van der Waals surface area contributed by atoms with Crippen molar-refractivity contribution in [1.82, 2.24) is 10.2 Å². The first-order valence-electron chi connectivity index (χ1n) is 7.81. The molecule has 0 saturated carbocycles. The van der Waals surface area contributed by atoms with Crippen molar-refractivity contribution in [3.63, 3.8) is 0 Å². The summed E-state index contributed by atoms with van der Waals surface area (Å²) >= 11 is 0. The number of rotatable bonds is 4. The lowest BCUT2D eigenvalue weighted by atomic mass is 10.1. The SMILES string of the molecule is CCCC1CN(C(=O)NC(C)c2cccc(C#N)c2)CCO1. The van der Waals surface area contributed by atoms with Gasteiger partial charge in [0.25, 0.3) is 0 Å². The van der Waals surface area contributed by atoms with Crippen molar-refractivity contribution >= 4 is 6.03 Å². The van der Waals surface area contributed by atoms with Crippen molar-refractivity contribution in [2.75, 3.05) is 19.7 Å². The van der Waals surface area contributed by atoms with Crippen molar-refractivity contribution < 1.29 is 9.53 Å². The Bertz CT molecular complexity index is 551. The van der Waals surface area contributed by atoms with Crippen LogP contribution in [0.1, 0.15) is 43.9 Å². The van der Waals surface area contributed by atoms with Crippen molar-refractivity contribution in [2.45, 2.75) is 38.8 Å². The van der Waals surface area contributed by atoms with Gasteiger partial charge in [0.15, 0.2) is 0 Å². The molecule has 5 nitrogen and oxygen atoms in total. The molecule has 2 rings (SSSR count). The van der Waals surface area contributed by atoms with Gasteiger partial charge in [-0.1, -0.05) is 25.5 Å². The van der Waals surface area contributed by atoms with E-state index in [1.165, 1.54) is 0 Å². The third kappa shape index (κ3) is 4.22. The van der Waals surface area contributed by atoms with E-state index in [9.17, 15) is 4.79 Å². The molecular weight excluding hydrogens is 278 g/mol. The molecule has 22 heavy (non-hydrogen) atoms. The average Bonchev–Trinajstić information content (AvgIpc) is 2.55. The normalized spacial score (nSPS) is 19.3. The van der Waals surface area contributed by atoms with Crippen molar-refractivity contribution in [2.24, 2.45) is 0 Å². The number of hydrogen-bond donors (Lipinski definition) is 1. The van der Waals surface area contributed by atoms with E-state index in [0.717, 1.165) is 18.4 Å². The number of hydrogen-bond acceptors (Lipinski definition) is 3. The van der Waals surface area contributed by atoms with Gasteiger partial charge in [-0.15, -0.1) is 0 Å². The molecule has 0 bridgehead atoms. The van der Waals surface area contributed by atoms with E-state index in [1.807, 2.05) is 30.0 Å². The minimum Gasteiger partial charge on any atom is -0.375 e. The minimum atomic E-state index is -0.131. The number of carbonyl (C=O) groups excluding carboxylic acids is 1. The van der Waals surface area contributed by atoms with Crippen LogP contribution in [-0.4, -0.2) is 36.7 Å². The molecular formula is C17H23N3O2. The van der Waals surface area contributed by atoms with Gasteiger partial charge in [-0.25, -0.2) is 4.79 Å². The molecule has 1 aromatic rings. The minimum absolute atomic E-state index is 0.0701. The van der Waals surface area contributed by atoms with Crippen LogP contribution in [0, 0.1) is 11.3 Å². The molecule has 0 aromatic heterocycles. The molecule has 5 heteroatoms. The Morgan fingerprint density at radius 2 is 2.41 bits per heavy atom. The van der Waals surface area contributed by atoms with Crippen molar-refractivity contribution in [1.29, 1.82) is 5.26 Å². The lowest BCUT2D eigenvalue weighted by molar-refractivity contribution is -0.0184. The summed E-state index contributed by atoms with van der Waals surface area (Å²) in [6.45, 7) is 5.91. The molecule has 2 unspecified atom stereocenters. The second-order valence-corrected chi connectivity index (χ2v) is 5.64. The van der Waals surface area contributed by atoms with Crippen LogP contribution in [-0.2, 0) is 4.74 Å². The summed E-state index contributed by atoms with van der Waals surface area (Å²) in [6.07, 6.45) is 2.17. The molecule has 1 N–H and O–H groups in total. The van der Waals surface area contributed by atoms with E-state index in [-0.39, 0.29) is 18.2 Å². The molecule has 0 spiro atoms. The van der Waals surface area contributed by atoms with Crippen LogP contribution in [0.2, 0.25) is 0 Å². The number of nitrogens with zero attached hydrogens (tertiary/aromatic N) is 2. The van der Waals surface area contributed by atoms with E-state index >= 15 is 0 Å². The van der Waals surface area contributed by atoms with Gasteiger partial charge >= 0.3 is 6.03 Å². The number of morpholine rings is 1. The number of nitrogens with one attached hydrogen (secondary N) is 1. The molecule has 1 aromatic carbocycles. The Morgan fingerprint density at radius 3 is 3.14 bits per heavy atom. The Labute approximate surface area is 131 Å². The predicted molar refractivity (Wildman–Crippen MR) is 84.3 cm³/mol. The van der Waals surface area contributed by atoms with Gasteiger partial charge in [-0.2, -0.15) is 5.26 Å². The maximum absolute atomic E-state index is 12.4. The molecule has 0 aliphatic carbocycles. The van der Waals surface area contributed by atoms with Crippen molar-refractivity contribution in [3.8, 4) is 6.07 Å². The first kappa shape index (κ1) is 16.3. The molecule has 1 heterocycles. The summed E-state index contributed by atoms with van der Waals surface area (Å²) in [5.41, 5.74) is 1.54. The first-order chi connectivity index (χ1) is 10.6. The van der Waals surface area contributed by atoms with Crippen LogP contribution in [0.4, 0.5) is 4.79 Å². The summed E-state index contributed by atoms with van der Waals surface area (Å²) in [6, 6.07) is 9.24. The fourth-order valence-electron chi connectivity index (χ4n) is 2.64. The van der Waals surface area contributed by atoms with Crippen molar-refractivity contribution in [3.05, 3.63) is 35.4 Å². The highest BCUT2D eigenvalue weighted by Crippen LogP contribution is 2.16. The number of ether oxygens (including phenoxy) is 1. The second kappa shape index (κ2) is 7.81. The van der Waals surface area contributed by atoms with E-state index < -0.39 is 0 Å². The molecule has 1 aliphatic heterocycles. The Balaban J connectivity index is 1.94. The zero-order valence-corrected chi connectivity index (χ0v) is 13.2. The van der Waals surface area contributed by atoms with Crippen LogP contribution >= 0.6 is 0 Å². The smallest absolute Gasteiger partial charge is 0.318 e. The standard InChI is InChI=1S/C17H23N3O2/c1-3-5-16-12-20(8-9-22-16)17(21)19-13(2)15-7-4-6-14(10-15)11-18/h4,6-7,10,13,16H,3,5,8-9,12H2,1-2H3,(H,19,21). The van der Waals surface area contributed by atoms with Gasteiger partial charge < -0.3 is 15.0 Å². The summed E-state index contributed by atoms with van der Waals surface area (Å²) in [7, 11) is 0. The maximum Gasteiger partial charge on any atom is 0.318 e. The quantitative estimate of drug-likeness (QED) is 0.930. The lowest BCUT2D eigenvalue weighted by Gasteiger charge is -2.33. The highest BCUT2D eigenvalue weighted by molar-refractivity contribution is 5.74. The summed E-state index contributed by atoms with van der Waals surface area (Å²) in [5, 5.41) is 12.0. The van der Waals surface area contributed by atoms with Gasteiger partial charge in [0.05, 0.1) is 30.4 Å². The zero-order chi connectivity index (χ0) is 15.9. The number of nitriles is 1. The topological polar surface area (TPSA) is 65.4 Å². The van der Waals surface area contributed by atoms with Gasteiger partial charge in [-0.3, -0.25) is 0 Å². The third-order valence-electron chi connectivity index (χ3n) is 3.89. The summed E-state index contributed by atoms with van der Waals surface area (Å²) < 4.78 is 5.66. The lowest BCUT2D eigenvalue weighted by Crippen LogP contribution is -2.50. The van der Waals surface area contributed by atoms with E-state index in [0.29, 0.717) is 25.3 Å². The molecule has 2 amide bonds. The van der Waals surface area contributed by atoms with E-state index in [4.69, 9.17) is 10.00 Å². The number of urea groups is 1. The van der Waals surface area contributed by atoms with Crippen LogP contribution in [0.3, 0.4) is 0 Å². The van der Waals surface area contributed by atoms with E-state index in [2.05, 4.69) is 18.3 Å². The number of benzene rings is 1. The highest BCUT2D eigenvalue weighted by Gasteiger charge is 2.24. The average molecular weight is 301 g/mol. The van der Waals surface area contributed by atoms with E-state index in [1.54, 1.807) is 6.07 Å².